The molecule has 2 N–H and O–H groups in total. The highest BCUT2D eigenvalue weighted by Crippen LogP contribution is 2.06. The number of amides is 2. The summed E-state index contributed by atoms with van der Waals surface area (Å²) in [5, 5.41) is 11.4. The van der Waals surface area contributed by atoms with Crippen molar-refractivity contribution in [1.82, 2.24) is 10.2 Å². The molecule has 2 amide bonds. The molecule has 0 unspecified atom stereocenters. The van der Waals surface area contributed by atoms with Crippen molar-refractivity contribution < 1.29 is 19.1 Å². The SMILES string of the molecule is Cc1ccc(CNC(=O)N(CC(=O)O)C(C)C)o1. The molecule has 0 radical (unpaired) electrons. The summed E-state index contributed by atoms with van der Waals surface area (Å²) in [6.07, 6.45) is 0. The molecule has 0 aliphatic heterocycles. The van der Waals surface area contributed by atoms with Gasteiger partial charge in [0.1, 0.15) is 18.1 Å². The number of carbonyl (C=O) groups is 2. The molecule has 0 aliphatic carbocycles. The van der Waals surface area contributed by atoms with Gasteiger partial charge in [0.25, 0.3) is 0 Å². The molecular formula is C12H18N2O4. The first-order valence-electron chi connectivity index (χ1n) is 5.71. The van der Waals surface area contributed by atoms with E-state index in [-0.39, 0.29) is 19.1 Å². The molecule has 0 bridgehead atoms. The average molecular weight is 254 g/mol. The average Bonchev–Trinajstić information content (AvgIpc) is 2.68. The zero-order valence-corrected chi connectivity index (χ0v) is 10.8. The molecule has 0 saturated carbocycles. The van der Waals surface area contributed by atoms with E-state index in [0.717, 1.165) is 5.76 Å². The molecule has 18 heavy (non-hydrogen) atoms. The number of furan rings is 1. The van der Waals surface area contributed by atoms with E-state index in [9.17, 15) is 9.59 Å². The van der Waals surface area contributed by atoms with Crippen LogP contribution in [0.2, 0.25) is 0 Å². The lowest BCUT2D eigenvalue weighted by Crippen LogP contribution is -2.46. The molecule has 0 aromatic carbocycles. The van der Waals surface area contributed by atoms with Gasteiger partial charge in [-0.1, -0.05) is 0 Å². The van der Waals surface area contributed by atoms with E-state index in [4.69, 9.17) is 9.52 Å². The number of aryl methyl sites for hydroxylation is 1. The van der Waals surface area contributed by atoms with Crippen molar-refractivity contribution in [3.05, 3.63) is 23.7 Å². The number of carbonyl (C=O) groups excluding carboxylic acids is 1. The fraction of sp³-hybridized carbons (Fsp3) is 0.500. The van der Waals surface area contributed by atoms with Crippen LogP contribution in [0.25, 0.3) is 0 Å². The molecule has 0 spiro atoms. The van der Waals surface area contributed by atoms with Crippen molar-refractivity contribution in [1.29, 1.82) is 0 Å². The first-order valence-corrected chi connectivity index (χ1v) is 5.71. The summed E-state index contributed by atoms with van der Waals surface area (Å²) in [5.74, 6) is 0.373. The van der Waals surface area contributed by atoms with E-state index in [1.54, 1.807) is 26.0 Å². The summed E-state index contributed by atoms with van der Waals surface area (Å²) >= 11 is 0. The van der Waals surface area contributed by atoms with Gasteiger partial charge in [-0.2, -0.15) is 0 Å². The van der Waals surface area contributed by atoms with Crippen LogP contribution < -0.4 is 5.32 Å². The van der Waals surface area contributed by atoms with Crippen molar-refractivity contribution >= 4 is 12.0 Å². The van der Waals surface area contributed by atoms with Crippen LogP contribution in [0.3, 0.4) is 0 Å². The van der Waals surface area contributed by atoms with Gasteiger partial charge in [-0.3, -0.25) is 4.79 Å². The maximum absolute atomic E-state index is 11.8. The predicted octanol–water partition coefficient (Wildman–Crippen LogP) is 1.59. The van der Waals surface area contributed by atoms with Crippen LogP contribution in [0.15, 0.2) is 16.5 Å². The van der Waals surface area contributed by atoms with Crippen LogP contribution >= 0.6 is 0 Å². The van der Waals surface area contributed by atoms with Gasteiger partial charge in [0.2, 0.25) is 0 Å². The van der Waals surface area contributed by atoms with Crippen molar-refractivity contribution in [3.63, 3.8) is 0 Å². The summed E-state index contributed by atoms with van der Waals surface area (Å²) < 4.78 is 5.31. The molecule has 6 nitrogen and oxygen atoms in total. The Morgan fingerprint density at radius 2 is 2.11 bits per heavy atom. The molecule has 1 heterocycles. The molecule has 100 valence electrons. The molecule has 1 aromatic heterocycles. The minimum Gasteiger partial charge on any atom is -0.480 e. The molecule has 0 aliphatic rings. The summed E-state index contributed by atoms with van der Waals surface area (Å²) in [4.78, 5) is 23.7. The van der Waals surface area contributed by atoms with E-state index in [1.807, 2.05) is 6.92 Å². The van der Waals surface area contributed by atoms with E-state index >= 15 is 0 Å². The number of carboxylic acids is 1. The highest BCUT2D eigenvalue weighted by atomic mass is 16.4. The van der Waals surface area contributed by atoms with Crippen LogP contribution in [0, 0.1) is 6.92 Å². The molecule has 0 saturated heterocycles. The van der Waals surface area contributed by atoms with Crippen molar-refractivity contribution in [2.45, 2.75) is 33.4 Å². The molecule has 1 aromatic rings. The lowest BCUT2D eigenvalue weighted by molar-refractivity contribution is -0.138. The zero-order chi connectivity index (χ0) is 13.7. The van der Waals surface area contributed by atoms with Crippen molar-refractivity contribution in [3.8, 4) is 0 Å². The van der Waals surface area contributed by atoms with Crippen molar-refractivity contribution in [2.24, 2.45) is 0 Å². The van der Waals surface area contributed by atoms with E-state index in [1.165, 1.54) is 4.90 Å². The maximum Gasteiger partial charge on any atom is 0.323 e. The standard InChI is InChI=1S/C12H18N2O4/c1-8(2)14(7-11(15)16)12(17)13-6-10-5-4-9(3)18-10/h4-5,8H,6-7H2,1-3H3,(H,13,17)(H,15,16). The lowest BCUT2D eigenvalue weighted by atomic mass is 10.3. The topological polar surface area (TPSA) is 82.8 Å². The Kier molecular flexibility index (Phi) is 4.76. The van der Waals surface area contributed by atoms with Crippen LogP contribution in [0.5, 0.6) is 0 Å². The Labute approximate surface area is 106 Å². The van der Waals surface area contributed by atoms with Gasteiger partial charge < -0.3 is 19.7 Å². The third-order valence-corrected chi connectivity index (χ3v) is 2.40. The number of rotatable bonds is 5. The second-order valence-electron chi connectivity index (χ2n) is 4.29. The molecule has 6 heteroatoms. The number of urea groups is 1. The smallest absolute Gasteiger partial charge is 0.323 e. The fourth-order valence-corrected chi connectivity index (χ4v) is 1.48. The molecule has 0 fully saturated rings. The largest absolute Gasteiger partial charge is 0.480 e. The minimum atomic E-state index is -1.03. The normalized spacial score (nSPS) is 10.4. The zero-order valence-electron chi connectivity index (χ0n) is 10.8. The van der Waals surface area contributed by atoms with Gasteiger partial charge in [0.15, 0.2) is 0 Å². The first-order chi connectivity index (χ1) is 8.40. The van der Waals surface area contributed by atoms with Gasteiger partial charge in [-0.25, -0.2) is 4.79 Å². The second-order valence-corrected chi connectivity index (χ2v) is 4.29. The summed E-state index contributed by atoms with van der Waals surface area (Å²) in [6, 6.07) is 2.98. The molecule has 0 atom stereocenters. The number of aliphatic carboxylic acids is 1. The van der Waals surface area contributed by atoms with Crippen molar-refractivity contribution in [2.75, 3.05) is 6.54 Å². The van der Waals surface area contributed by atoms with Gasteiger partial charge in [0, 0.05) is 6.04 Å². The third kappa shape index (κ3) is 4.12. The number of hydrogen-bond donors (Lipinski definition) is 2. The summed E-state index contributed by atoms with van der Waals surface area (Å²) in [7, 11) is 0. The highest BCUT2D eigenvalue weighted by Gasteiger charge is 2.19. The highest BCUT2D eigenvalue weighted by molar-refractivity contribution is 5.80. The fourth-order valence-electron chi connectivity index (χ4n) is 1.48. The number of nitrogens with one attached hydrogen (secondary N) is 1. The van der Waals surface area contributed by atoms with Gasteiger partial charge in [-0.15, -0.1) is 0 Å². The van der Waals surface area contributed by atoms with E-state index < -0.39 is 12.0 Å². The Hall–Kier alpha value is -1.98. The number of hydrogen-bond acceptors (Lipinski definition) is 3. The predicted molar refractivity (Wildman–Crippen MR) is 65.2 cm³/mol. The molecular weight excluding hydrogens is 236 g/mol. The quantitative estimate of drug-likeness (QED) is 0.836. The van der Waals surface area contributed by atoms with Crippen LogP contribution in [0.4, 0.5) is 4.79 Å². The van der Waals surface area contributed by atoms with Gasteiger partial charge >= 0.3 is 12.0 Å². The lowest BCUT2D eigenvalue weighted by Gasteiger charge is -2.24. The first kappa shape index (κ1) is 14.1. The van der Waals surface area contributed by atoms with Crippen LogP contribution in [-0.4, -0.2) is 34.6 Å². The Morgan fingerprint density at radius 1 is 1.44 bits per heavy atom. The van der Waals surface area contributed by atoms with Crippen LogP contribution in [-0.2, 0) is 11.3 Å². The van der Waals surface area contributed by atoms with E-state index in [0.29, 0.717) is 5.76 Å². The monoisotopic (exact) mass is 254 g/mol. The van der Waals surface area contributed by atoms with Crippen LogP contribution in [0.1, 0.15) is 25.4 Å². The Morgan fingerprint density at radius 3 is 2.56 bits per heavy atom. The second kappa shape index (κ2) is 6.09. The maximum atomic E-state index is 11.8. The van der Waals surface area contributed by atoms with Gasteiger partial charge in [0.05, 0.1) is 6.54 Å². The number of nitrogens with zero attached hydrogens (tertiary/aromatic N) is 1. The number of carboxylic acid groups (broad SMARTS) is 1. The van der Waals surface area contributed by atoms with Gasteiger partial charge in [-0.05, 0) is 32.9 Å². The third-order valence-electron chi connectivity index (χ3n) is 2.40. The summed E-state index contributed by atoms with van der Waals surface area (Å²) in [6.45, 7) is 5.27. The minimum absolute atomic E-state index is 0.181. The van der Waals surface area contributed by atoms with E-state index in [2.05, 4.69) is 5.32 Å². The Bertz CT molecular complexity index is 425. The molecule has 1 rings (SSSR count). The Balaban J connectivity index is 2.53. The summed E-state index contributed by atoms with van der Waals surface area (Å²) in [5.41, 5.74) is 0.